The van der Waals surface area contributed by atoms with Crippen LogP contribution in [0.15, 0.2) is 42.6 Å². The van der Waals surface area contributed by atoms with E-state index in [0.29, 0.717) is 40.7 Å². The van der Waals surface area contributed by atoms with Crippen LogP contribution in [0, 0.1) is 51.0 Å². The van der Waals surface area contributed by atoms with Gasteiger partial charge in [-0.15, -0.1) is 0 Å². The Kier molecular flexibility index (Phi) is 7.55. The zero-order valence-corrected chi connectivity index (χ0v) is 24.4. The topological polar surface area (TPSA) is 75.8 Å². The molecule has 3 atom stereocenters. The maximum absolute atomic E-state index is 12.8. The van der Waals surface area contributed by atoms with E-state index in [4.69, 9.17) is 15.7 Å². The average molecular weight is 544 g/mol. The van der Waals surface area contributed by atoms with E-state index < -0.39 is 11.3 Å². The summed E-state index contributed by atoms with van der Waals surface area (Å²) in [6, 6.07) is 11.7. The van der Waals surface area contributed by atoms with E-state index in [9.17, 15) is 4.21 Å². The van der Waals surface area contributed by atoms with Gasteiger partial charge >= 0.3 is 11.3 Å². The maximum atomic E-state index is 12.8. The van der Waals surface area contributed by atoms with Crippen LogP contribution in [0.1, 0.15) is 55.9 Å². The molecule has 2 aromatic carbocycles. The molecule has 0 saturated heterocycles. The van der Waals surface area contributed by atoms with Crippen LogP contribution < -0.4 is 8.91 Å². The van der Waals surface area contributed by atoms with Crippen molar-refractivity contribution in [2.24, 2.45) is 23.7 Å². The molecule has 2 heterocycles. The number of aromatic nitrogens is 3. The van der Waals surface area contributed by atoms with E-state index in [2.05, 4.69) is 35.4 Å². The minimum Gasteiger partial charge on any atom is -0.385 e. The van der Waals surface area contributed by atoms with Crippen molar-refractivity contribution in [2.75, 3.05) is 4.72 Å². The van der Waals surface area contributed by atoms with Gasteiger partial charge in [0.05, 0.1) is 12.3 Å². The fourth-order valence-electron chi connectivity index (χ4n) is 6.18. The Bertz CT molecular complexity index is 1570. The molecule has 39 heavy (non-hydrogen) atoms. The predicted octanol–water partition coefficient (Wildman–Crippen LogP) is 7.74. The third-order valence-corrected chi connectivity index (χ3v) is 9.00. The largest absolute Gasteiger partial charge is 0.385 e. The summed E-state index contributed by atoms with van der Waals surface area (Å²) in [7, 11) is 0. The highest BCUT2D eigenvalue weighted by Crippen LogP contribution is 2.42. The Morgan fingerprint density at radius 2 is 1.82 bits per heavy atom. The van der Waals surface area contributed by atoms with E-state index >= 15 is 0 Å². The molecule has 5 rings (SSSR count). The first-order valence-electron chi connectivity index (χ1n) is 13.6. The van der Waals surface area contributed by atoms with E-state index in [-0.39, 0.29) is 0 Å². The van der Waals surface area contributed by atoms with Crippen molar-refractivity contribution >= 4 is 28.3 Å². The van der Waals surface area contributed by atoms with Crippen LogP contribution in [0.5, 0.6) is 5.75 Å². The van der Waals surface area contributed by atoms with E-state index in [1.807, 2.05) is 67.9 Å². The first-order chi connectivity index (χ1) is 18.6. The Balaban J connectivity index is 1.40. The van der Waals surface area contributed by atoms with Crippen molar-refractivity contribution in [1.29, 1.82) is 0 Å². The lowest BCUT2D eigenvalue weighted by atomic mass is 9.67. The lowest BCUT2D eigenvalue weighted by Gasteiger charge is -2.38. The maximum Gasteiger partial charge on any atom is 0.316 e. The molecule has 3 unspecified atom stereocenters. The summed E-state index contributed by atoms with van der Waals surface area (Å²) in [6.07, 6.45) is 5.19. The molecule has 2 aromatic heterocycles. The second-order valence-electron chi connectivity index (χ2n) is 11.5. The number of fused-ring (bicyclic) bond motifs is 1. The summed E-state index contributed by atoms with van der Waals surface area (Å²) in [6.45, 7) is 20.7. The van der Waals surface area contributed by atoms with Gasteiger partial charge in [0.15, 0.2) is 5.82 Å². The summed E-state index contributed by atoms with van der Waals surface area (Å²) in [4.78, 5) is 8.78. The Morgan fingerprint density at radius 1 is 1.10 bits per heavy atom. The normalized spacial score (nSPS) is 22.0. The highest BCUT2D eigenvalue weighted by Gasteiger charge is 2.33. The van der Waals surface area contributed by atoms with Crippen LogP contribution in [0.4, 0.5) is 11.4 Å². The number of H-pyrrole nitrogens is 1. The van der Waals surface area contributed by atoms with Gasteiger partial charge in [-0.1, -0.05) is 45.0 Å². The Morgan fingerprint density at radius 3 is 2.54 bits per heavy atom. The number of hydrogen-bond donors (Lipinski definition) is 2. The molecule has 0 amide bonds. The molecule has 1 aliphatic carbocycles. The standard InChI is InChI=1S/C31H37N5O2S/c1-18-8-9-21(4)29(14-18)38-39(37)35-27-15-24(11-10-20(27)3)30-33-31-26(28(32-7)17-36(31)34-30)16-25-22(5)12-19(2)13-23(25)6/h8-11,14-15,17,19,22-23,25,35H,12-13,16H2,1-6H3,(H,33,34). The van der Waals surface area contributed by atoms with Gasteiger partial charge in [0.25, 0.3) is 0 Å². The molecule has 1 fully saturated rings. The fourth-order valence-corrected chi connectivity index (χ4v) is 6.96. The Labute approximate surface area is 233 Å². The Hall–Kier alpha value is -3.57. The zero-order valence-electron chi connectivity index (χ0n) is 23.5. The highest BCUT2D eigenvalue weighted by atomic mass is 32.2. The van der Waals surface area contributed by atoms with Crippen LogP contribution in [0.2, 0.25) is 0 Å². The van der Waals surface area contributed by atoms with Gasteiger partial charge in [0.1, 0.15) is 11.4 Å². The van der Waals surface area contributed by atoms with Crippen LogP contribution in [-0.2, 0) is 17.7 Å². The molecule has 2 N–H and O–H groups in total. The van der Waals surface area contributed by atoms with Crippen LogP contribution >= 0.6 is 0 Å². The molecule has 1 saturated carbocycles. The van der Waals surface area contributed by atoms with Gasteiger partial charge in [-0.2, -0.15) is 4.21 Å². The third-order valence-electron chi connectivity index (χ3n) is 8.29. The quantitative estimate of drug-likeness (QED) is 0.234. The molecule has 0 aliphatic heterocycles. The van der Waals surface area contributed by atoms with Gasteiger partial charge in [-0.05, 0) is 92.5 Å². The SMILES string of the molecule is [C-]#[N+]c1cn2[nH]c(-c3ccc(C)c(NS(=O)Oc4cc(C)ccc4C)c3)nc2c1CC1C(C)CC(C)CC1C. The second kappa shape index (κ2) is 10.9. The minimum atomic E-state index is -1.76. The van der Waals surface area contributed by atoms with Gasteiger partial charge in [-0.3, -0.25) is 14.3 Å². The van der Waals surface area contributed by atoms with Gasteiger partial charge in [-0.25, -0.2) is 9.83 Å². The lowest BCUT2D eigenvalue weighted by molar-refractivity contribution is 0.136. The smallest absolute Gasteiger partial charge is 0.316 e. The van der Waals surface area contributed by atoms with Crippen molar-refractivity contribution in [3.8, 4) is 17.1 Å². The second-order valence-corrected chi connectivity index (χ2v) is 12.3. The number of nitrogens with one attached hydrogen (secondary N) is 2. The molecule has 0 radical (unpaired) electrons. The molecule has 204 valence electrons. The van der Waals surface area contributed by atoms with Gasteiger partial charge < -0.3 is 4.18 Å². The van der Waals surface area contributed by atoms with Crippen molar-refractivity contribution in [3.63, 3.8) is 0 Å². The number of aryl methyl sites for hydroxylation is 3. The van der Waals surface area contributed by atoms with Crippen molar-refractivity contribution < 1.29 is 8.39 Å². The zero-order chi connectivity index (χ0) is 27.8. The highest BCUT2D eigenvalue weighted by molar-refractivity contribution is 7.82. The molecule has 4 aromatic rings. The van der Waals surface area contributed by atoms with Crippen molar-refractivity contribution in [2.45, 2.75) is 60.8 Å². The first-order valence-corrected chi connectivity index (χ1v) is 14.7. The van der Waals surface area contributed by atoms with Gasteiger partial charge in [0, 0.05) is 17.3 Å². The molecule has 8 heteroatoms. The summed E-state index contributed by atoms with van der Waals surface area (Å²) in [5, 5.41) is 3.35. The van der Waals surface area contributed by atoms with Crippen LogP contribution in [0.25, 0.3) is 21.9 Å². The summed E-state index contributed by atoms with van der Waals surface area (Å²) in [5.74, 6) is 3.82. The van der Waals surface area contributed by atoms with Gasteiger partial charge in [0.2, 0.25) is 5.69 Å². The van der Waals surface area contributed by atoms with E-state index in [0.717, 1.165) is 45.8 Å². The summed E-state index contributed by atoms with van der Waals surface area (Å²) in [5.41, 5.74) is 6.99. The average Bonchev–Trinajstić information content (AvgIpc) is 3.43. The molecule has 0 bridgehead atoms. The molecule has 0 spiro atoms. The molecule has 7 nitrogen and oxygen atoms in total. The fraction of sp³-hybridized carbons (Fsp3) is 0.419. The lowest BCUT2D eigenvalue weighted by Crippen LogP contribution is -2.30. The number of hydrogen-bond acceptors (Lipinski definition) is 3. The minimum absolute atomic E-state index is 0.537. The number of anilines is 1. The number of rotatable bonds is 7. The van der Waals surface area contributed by atoms with E-state index in [1.165, 1.54) is 12.8 Å². The third kappa shape index (κ3) is 5.60. The summed E-state index contributed by atoms with van der Waals surface area (Å²) < 4.78 is 23.4. The number of aromatic amines is 1. The molecular weight excluding hydrogens is 506 g/mol. The molecule has 1 aliphatic rings. The number of benzene rings is 2. The van der Waals surface area contributed by atoms with Crippen LogP contribution in [0.3, 0.4) is 0 Å². The van der Waals surface area contributed by atoms with E-state index in [1.54, 1.807) is 0 Å². The molecular formula is C31H37N5O2S. The predicted molar refractivity (Wildman–Crippen MR) is 158 cm³/mol. The van der Waals surface area contributed by atoms with Crippen molar-refractivity contribution in [1.82, 2.24) is 14.6 Å². The van der Waals surface area contributed by atoms with Crippen molar-refractivity contribution in [3.05, 3.63) is 76.3 Å². The summed E-state index contributed by atoms with van der Waals surface area (Å²) >= 11 is -1.76. The van der Waals surface area contributed by atoms with Crippen LogP contribution in [-0.4, -0.2) is 18.8 Å². The number of nitrogens with zero attached hydrogens (tertiary/aromatic N) is 3. The first kappa shape index (κ1) is 27.0. The monoisotopic (exact) mass is 543 g/mol.